The maximum Gasteiger partial charge on any atom is 0.472 e. The van der Waals surface area contributed by atoms with E-state index in [2.05, 4.69) is 27.7 Å². The smallest absolute Gasteiger partial charge is 0.462 e. The van der Waals surface area contributed by atoms with Crippen molar-refractivity contribution in [2.24, 2.45) is 0 Å². The Hall–Kier alpha value is -1.94. The Morgan fingerprint density at radius 3 is 0.843 bits per heavy atom. The van der Waals surface area contributed by atoms with Crippen LogP contribution < -0.4 is 0 Å². The third-order valence-corrected chi connectivity index (χ3v) is 13.5. The number of phosphoric ester groups is 2. The lowest BCUT2D eigenvalue weighted by atomic mass is 10.1. The van der Waals surface area contributed by atoms with Crippen LogP contribution in [0.2, 0.25) is 0 Å². The molecule has 0 aliphatic rings. The maximum absolute atomic E-state index is 12.8. The molecule has 2 unspecified atom stereocenters. The van der Waals surface area contributed by atoms with Crippen molar-refractivity contribution >= 4 is 39.5 Å². The molecule has 0 amide bonds. The Kier molecular flexibility index (Phi) is 45.5. The summed E-state index contributed by atoms with van der Waals surface area (Å²) in [6.07, 6.45) is 27.0. The van der Waals surface area contributed by atoms with E-state index in [1.165, 1.54) is 44.9 Å². The van der Waals surface area contributed by atoms with Gasteiger partial charge in [-0.05, 0) is 25.7 Å². The van der Waals surface area contributed by atoms with E-state index in [-0.39, 0.29) is 25.7 Å². The standard InChI is InChI=1S/C51H98O17P2/c1-5-9-13-17-21-23-26-30-34-38-51(56)68-46(41-61-48(53)35-31-27-20-16-12-8-4)43-65-69(57,58)63-39-45(52)40-64-70(59,60)66-44-47(42-62-49(54)36-32-28-24-19-15-11-7-3)67-50(55)37-33-29-25-22-18-14-10-6-2/h45-47,52H,5-44H2,1-4H3,(H,57,58)(H,59,60)/t45-,46+,47+/m0/s1. The SMILES string of the molecule is CCCCCCCCCCCC(=O)O[C@H](COC(=O)CCCCCCCC)COP(=O)(O)OC[C@H](O)COP(=O)(O)OC[C@@H](COC(=O)CCCCCCCCC)OC(=O)CCCCCCCCCC. The number of aliphatic hydroxyl groups excluding tert-OH is 1. The summed E-state index contributed by atoms with van der Waals surface area (Å²) in [6.45, 7) is 4.65. The molecular weight excluding hydrogens is 946 g/mol. The van der Waals surface area contributed by atoms with E-state index in [9.17, 15) is 43.2 Å². The lowest BCUT2D eigenvalue weighted by Gasteiger charge is -2.21. The lowest BCUT2D eigenvalue weighted by Crippen LogP contribution is -2.30. The highest BCUT2D eigenvalue weighted by Gasteiger charge is 2.30. The summed E-state index contributed by atoms with van der Waals surface area (Å²) in [4.78, 5) is 71.1. The summed E-state index contributed by atoms with van der Waals surface area (Å²) in [5.41, 5.74) is 0. The highest BCUT2D eigenvalue weighted by atomic mass is 31.2. The average molecular weight is 1050 g/mol. The van der Waals surface area contributed by atoms with E-state index in [4.69, 9.17) is 37.0 Å². The summed E-state index contributed by atoms with van der Waals surface area (Å²) < 4.78 is 67.1. The predicted octanol–water partition coefficient (Wildman–Crippen LogP) is 12.9. The number of esters is 4. The van der Waals surface area contributed by atoms with E-state index >= 15 is 0 Å². The van der Waals surface area contributed by atoms with Gasteiger partial charge in [0.05, 0.1) is 26.4 Å². The highest BCUT2D eigenvalue weighted by molar-refractivity contribution is 7.47. The van der Waals surface area contributed by atoms with Crippen molar-refractivity contribution in [1.29, 1.82) is 0 Å². The highest BCUT2D eigenvalue weighted by Crippen LogP contribution is 2.45. The molecule has 0 bridgehead atoms. The Morgan fingerprint density at radius 2 is 0.571 bits per heavy atom. The second kappa shape index (κ2) is 46.8. The lowest BCUT2D eigenvalue weighted by molar-refractivity contribution is -0.161. The fourth-order valence-corrected chi connectivity index (χ4v) is 8.91. The van der Waals surface area contributed by atoms with Crippen molar-refractivity contribution < 1.29 is 80.2 Å². The first-order chi connectivity index (χ1) is 33.7. The summed E-state index contributed by atoms with van der Waals surface area (Å²) in [5, 5.41) is 10.4. The molecule has 0 aromatic rings. The second-order valence-electron chi connectivity index (χ2n) is 18.6. The first-order valence-corrected chi connectivity index (χ1v) is 30.3. The number of carbonyl (C=O) groups is 4. The molecule has 0 rings (SSSR count). The van der Waals surface area contributed by atoms with Crippen LogP contribution in [-0.4, -0.2) is 96.7 Å². The molecule has 0 fully saturated rings. The number of rotatable bonds is 52. The van der Waals surface area contributed by atoms with Gasteiger partial charge in [0.15, 0.2) is 12.2 Å². The molecule has 0 saturated carbocycles. The van der Waals surface area contributed by atoms with Gasteiger partial charge in [-0.15, -0.1) is 0 Å². The van der Waals surface area contributed by atoms with Gasteiger partial charge >= 0.3 is 39.5 Å². The van der Waals surface area contributed by atoms with Crippen molar-refractivity contribution in [3.8, 4) is 0 Å². The molecule has 0 spiro atoms. The summed E-state index contributed by atoms with van der Waals surface area (Å²) in [5.74, 6) is -2.17. The Balaban J connectivity index is 5.17. The molecule has 0 radical (unpaired) electrons. The van der Waals surface area contributed by atoms with Gasteiger partial charge in [0, 0.05) is 25.7 Å². The molecule has 0 aromatic carbocycles. The van der Waals surface area contributed by atoms with Gasteiger partial charge in [-0.2, -0.15) is 0 Å². The number of unbranched alkanes of at least 4 members (excludes halogenated alkanes) is 26. The molecule has 0 aliphatic heterocycles. The van der Waals surface area contributed by atoms with E-state index in [1.807, 2.05) is 0 Å². The van der Waals surface area contributed by atoms with Crippen LogP contribution in [0.25, 0.3) is 0 Å². The monoisotopic (exact) mass is 1040 g/mol. The van der Waals surface area contributed by atoms with Crippen LogP contribution in [0.5, 0.6) is 0 Å². The first kappa shape index (κ1) is 68.1. The summed E-state index contributed by atoms with van der Waals surface area (Å²) in [6, 6.07) is 0. The van der Waals surface area contributed by atoms with Crippen molar-refractivity contribution in [3.63, 3.8) is 0 Å². The van der Waals surface area contributed by atoms with Gasteiger partial charge in [-0.3, -0.25) is 37.3 Å². The van der Waals surface area contributed by atoms with Crippen LogP contribution >= 0.6 is 15.6 Å². The quantitative estimate of drug-likeness (QED) is 0.0222. The summed E-state index contributed by atoms with van der Waals surface area (Å²) in [7, 11) is -9.84. The van der Waals surface area contributed by atoms with Gasteiger partial charge in [0.1, 0.15) is 19.3 Å². The van der Waals surface area contributed by atoms with E-state index < -0.39 is 97.5 Å². The molecule has 0 aliphatic carbocycles. The Labute approximate surface area is 422 Å². The van der Waals surface area contributed by atoms with Crippen LogP contribution in [-0.2, 0) is 65.4 Å². The molecule has 5 atom stereocenters. The zero-order valence-electron chi connectivity index (χ0n) is 44.0. The number of carbonyl (C=O) groups excluding carboxylic acids is 4. The number of phosphoric acid groups is 2. The van der Waals surface area contributed by atoms with Crippen LogP contribution in [0, 0.1) is 0 Å². The van der Waals surface area contributed by atoms with Crippen LogP contribution in [0.1, 0.15) is 246 Å². The molecular formula is C51H98O17P2. The van der Waals surface area contributed by atoms with Gasteiger partial charge in [0.2, 0.25) is 0 Å². The van der Waals surface area contributed by atoms with E-state index in [0.29, 0.717) is 25.7 Å². The van der Waals surface area contributed by atoms with Crippen molar-refractivity contribution in [3.05, 3.63) is 0 Å². The molecule has 70 heavy (non-hydrogen) atoms. The van der Waals surface area contributed by atoms with Crippen LogP contribution in [0.3, 0.4) is 0 Å². The van der Waals surface area contributed by atoms with Gasteiger partial charge in [0.25, 0.3) is 0 Å². The van der Waals surface area contributed by atoms with Crippen molar-refractivity contribution in [1.82, 2.24) is 0 Å². The Morgan fingerprint density at radius 1 is 0.343 bits per heavy atom. The van der Waals surface area contributed by atoms with Crippen molar-refractivity contribution in [2.45, 2.75) is 264 Å². The molecule has 414 valence electrons. The normalized spacial score (nSPS) is 14.6. The second-order valence-corrected chi connectivity index (χ2v) is 21.5. The fraction of sp³-hybridized carbons (Fsp3) is 0.922. The minimum atomic E-state index is -4.92. The van der Waals surface area contributed by atoms with Gasteiger partial charge < -0.3 is 33.8 Å². The predicted molar refractivity (Wildman–Crippen MR) is 271 cm³/mol. The topological polar surface area (TPSA) is 237 Å². The summed E-state index contributed by atoms with van der Waals surface area (Å²) >= 11 is 0. The molecule has 19 heteroatoms. The Bertz CT molecular complexity index is 1390. The average Bonchev–Trinajstić information content (AvgIpc) is 3.33. The minimum Gasteiger partial charge on any atom is -0.462 e. The fourth-order valence-electron chi connectivity index (χ4n) is 7.34. The molecule has 0 aromatic heterocycles. The largest absolute Gasteiger partial charge is 0.472 e. The minimum absolute atomic E-state index is 0.104. The van der Waals surface area contributed by atoms with E-state index in [0.717, 1.165) is 122 Å². The van der Waals surface area contributed by atoms with Gasteiger partial charge in [-0.1, -0.05) is 195 Å². The molecule has 17 nitrogen and oxygen atoms in total. The zero-order chi connectivity index (χ0) is 52.0. The number of hydrogen-bond acceptors (Lipinski definition) is 15. The number of hydrogen-bond donors (Lipinski definition) is 3. The van der Waals surface area contributed by atoms with E-state index in [1.54, 1.807) is 0 Å². The maximum atomic E-state index is 12.8. The molecule has 0 heterocycles. The number of ether oxygens (including phenoxy) is 4. The van der Waals surface area contributed by atoms with Crippen LogP contribution in [0.15, 0.2) is 0 Å². The first-order valence-electron chi connectivity index (χ1n) is 27.3. The van der Waals surface area contributed by atoms with Crippen LogP contribution in [0.4, 0.5) is 0 Å². The van der Waals surface area contributed by atoms with Gasteiger partial charge in [-0.25, -0.2) is 9.13 Å². The third kappa shape index (κ3) is 45.9. The molecule has 3 N–H and O–H groups in total. The third-order valence-electron chi connectivity index (χ3n) is 11.6. The zero-order valence-corrected chi connectivity index (χ0v) is 45.8. The number of aliphatic hydroxyl groups is 1. The van der Waals surface area contributed by atoms with Crippen molar-refractivity contribution in [2.75, 3.05) is 39.6 Å². The molecule has 0 saturated heterocycles.